The van der Waals surface area contributed by atoms with Crippen LogP contribution < -0.4 is 5.32 Å². The van der Waals surface area contributed by atoms with Crippen LogP contribution in [-0.4, -0.2) is 77.0 Å². The Hall–Kier alpha value is -3.13. The topological polar surface area (TPSA) is 83.5 Å². The number of likely N-dealkylation sites (N-methyl/N-ethyl adjacent to an activating group) is 1. The molecule has 2 aromatic rings. The van der Waals surface area contributed by atoms with Crippen LogP contribution in [0.5, 0.6) is 0 Å². The predicted octanol–water partition coefficient (Wildman–Crippen LogP) is 2.87. The van der Waals surface area contributed by atoms with Crippen molar-refractivity contribution in [1.82, 2.24) is 9.61 Å². The normalized spacial score (nSPS) is 21.6. The highest BCUT2D eigenvalue weighted by atomic mass is 16.5. The third-order valence-electron chi connectivity index (χ3n) is 6.02. The lowest BCUT2D eigenvalue weighted by Crippen LogP contribution is -2.44. The van der Waals surface area contributed by atoms with E-state index in [1.54, 1.807) is 12.2 Å². The number of quaternary nitrogens is 1. The van der Waals surface area contributed by atoms with Gasteiger partial charge in [-0.1, -0.05) is 6.07 Å². The highest BCUT2D eigenvalue weighted by molar-refractivity contribution is 6.22. The van der Waals surface area contributed by atoms with Gasteiger partial charge in [0, 0.05) is 31.2 Å². The molecule has 0 spiro atoms. The van der Waals surface area contributed by atoms with Gasteiger partial charge in [0.05, 0.1) is 45.3 Å². The number of aromatic nitrogens is 2. The highest BCUT2D eigenvalue weighted by Gasteiger charge is 2.26. The van der Waals surface area contributed by atoms with E-state index in [2.05, 4.69) is 22.5 Å². The van der Waals surface area contributed by atoms with Crippen LogP contribution in [-0.2, 0) is 4.74 Å². The summed E-state index contributed by atoms with van der Waals surface area (Å²) in [4.78, 5) is 9.17. The monoisotopic (exact) mass is 407 g/mol. The van der Waals surface area contributed by atoms with E-state index in [1.807, 2.05) is 28.9 Å². The number of rotatable bonds is 5. The molecule has 8 nitrogen and oxygen atoms in total. The molecule has 1 fully saturated rings. The predicted molar refractivity (Wildman–Crippen MR) is 118 cm³/mol. The molecule has 30 heavy (non-hydrogen) atoms. The number of likely N-dealkylation sites (tertiary alicyclic amines) is 1. The van der Waals surface area contributed by atoms with Gasteiger partial charge in [-0.3, -0.25) is 4.99 Å². The van der Waals surface area contributed by atoms with Crippen LogP contribution in [0.4, 0.5) is 11.5 Å². The Balaban J connectivity index is 1.46. The fraction of sp³-hybridized carbons (Fsp3) is 0.409. The molecule has 2 N–H and O–H groups in total. The van der Waals surface area contributed by atoms with E-state index in [-0.39, 0.29) is 5.76 Å². The molecular weight excluding hydrogens is 380 g/mol. The van der Waals surface area contributed by atoms with Gasteiger partial charge in [-0.05, 0) is 12.1 Å². The molecule has 0 bridgehead atoms. The molecule has 2 aliphatic heterocycles. The van der Waals surface area contributed by atoms with Gasteiger partial charge in [0.2, 0.25) is 0 Å². The SMILES string of the molecule is C[N+]1(CCNc2nn3ccccc3c2/N=C2\C=C3OCCN=C3C=C2O)CCCC1. The van der Waals surface area contributed by atoms with E-state index < -0.39 is 0 Å². The molecule has 3 aliphatic rings. The molecule has 8 heteroatoms. The average Bonchev–Trinajstić information content (AvgIpc) is 3.33. The molecule has 0 atom stereocenters. The Bertz CT molecular complexity index is 1090. The summed E-state index contributed by atoms with van der Waals surface area (Å²) in [5.41, 5.74) is 2.71. The minimum Gasteiger partial charge on any atom is -0.506 e. The minimum atomic E-state index is 0.0827. The second-order valence-electron chi connectivity index (χ2n) is 8.30. The zero-order chi connectivity index (χ0) is 20.6. The molecule has 0 saturated carbocycles. The zero-order valence-corrected chi connectivity index (χ0v) is 17.2. The first-order valence-corrected chi connectivity index (χ1v) is 10.6. The number of anilines is 1. The van der Waals surface area contributed by atoms with E-state index in [1.165, 1.54) is 25.9 Å². The lowest BCUT2D eigenvalue weighted by Gasteiger charge is -2.29. The maximum Gasteiger partial charge on any atom is 0.175 e. The zero-order valence-electron chi connectivity index (χ0n) is 17.2. The van der Waals surface area contributed by atoms with Crippen LogP contribution in [0.15, 0.2) is 58.1 Å². The molecule has 2 aromatic heterocycles. The Morgan fingerprint density at radius 1 is 1.27 bits per heavy atom. The van der Waals surface area contributed by atoms with Gasteiger partial charge < -0.3 is 19.6 Å². The Kier molecular flexibility index (Phi) is 4.78. The van der Waals surface area contributed by atoms with Gasteiger partial charge in [0.25, 0.3) is 0 Å². The summed E-state index contributed by atoms with van der Waals surface area (Å²) < 4.78 is 8.60. The number of nitrogens with zero attached hydrogens (tertiary/aromatic N) is 5. The van der Waals surface area contributed by atoms with Crippen LogP contribution in [0.3, 0.4) is 0 Å². The summed E-state index contributed by atoms with van der Waals surface area (Å²) in [6, 6.07) is 5.88. The number of hydrogen-bond donors (Lipinski definition) is 2. The van der Waals surface area contributed by atoms with Crippen molar-refractivity contribution < 1.29 is 14.3 Å². The van der Waals surface area contributed by atoms with Crippen molar-refractivity contribution in [3.8, 4) is 0 Å². The van der Waals surface area contributed by atoms with Crippen LogP contribution in [0.25, 0.3) is 5.52 Å². The molecule has 4 heterocycles. The molecule has 156 valence electrons. The summed E-state index contributed by atoms with van der Waals surface area (Å²) in [5.74, 6) is 1.45. The van der Waals surface area contributed by atoms with Gasteiger partial charge in [-0.25, -0.2) is 9.51 Å². The van der Waals surface area contributed by atoms with Crippen molar-refractivity contribution >= 4 is 28.4 Å². The van der Waals surface area contributed by atoms with Gasteiger partial charge in [0.15, 0.2) is 5.82 Å². The third-order valence-corrected chi connectivity index (χ3v) is 6.02. The number of pyridine rings is 1. The second-order valence-corrected chi connectivity index (χ2v) is 8.30. The maximum absolute atomic E-state index is 10.5. The van der Waals surface area contributed by atoms with Crippen LogP contribution in [0, 0.1) is 0 Å². The van der Waals surface area contributed by atoms with Crippen molar-refractivity contribution in [2.75, 3.05) is 51.7 Å². The Morgan fingerprint density at radius 3 is 3.00 bits per heavy atom. The number of nitrogens with one attached hydrogen (secondary N) is 1. The number of aliphatic imine (C=N–C) groups is 2. The summed E-state index contributed by atoms with van der Waals surface area (Å²) >= 11 is 0. The molecule has 0 aromatic carbocycles. The Labute approximate surface area is 175 Å². The lowest BCUT2D eigenvalue weighted by molar-refractivity contribution is -0.895. The largest absolute Gasteiger partial charge is 0.506 e. The number of aliphatic hydroxyl groups excluding tert-OH is 1. The molecule has 1 aliphatic carbocycles. The number of hydrogen-bond acceptors (Lipinski definition) is 6. The van der Waals surface area contributed by atoms with Gasteiger partial charge in [-0.15, -0.1) is 5.10 Å². The van der Waals surface area contributed by atoms with Crippen molar-refractivity contribution in [2.24, 2.45) is 9.98 Å². The Morgan fingerprint density at radius 2 is 2.13 bits per heavy atom. The maximum atomic E-state index is 10.5. The number of fused-ring (bicyclic) bond motifs is 2. The van der Waals surface area contributed by atoms with Crippen molar-refractivity contribution in [3.05, 3.63) is 48.1 Å². The molecular formula is C22H27N6O2+. The number of allylic oxidation sites excluding steroid dienone is 2. The fourth-order valence-electron chi connectivity index (χ4n) is 4.30. The van der Waals surface area contributed by atoms with Crippen LogP contribution in [0.1, 0.15) is 12.8 Å². The second kappa shape index (κ2) is 7.60. The quantitative estimate of drug-likeness (QED) is 0.590. The first kappa shape index (κ1) is 18.9. The number of ether oxygens (including phenoxy) is 1. The molecule has 0 amide bonds. The van der Waals surface area contributed by atoms with E-state index >= 15 is 0 Å². The summed E-state index contributed by atoms with van der Waals surface area (Å²) in [6.07, 6.45) is 7.88. The van der Waals surface area contributed by atoms with Crippen molar-refractivity contribution in [1.29, 1.82) is 0 Å². The summed E-state index contributed by atoms with van der Waals surface area (Å²) in [6.45, 7) is 5.48. The van der Waals surface area contributed by atoms with Gasteiger partial charge >= 0.3 is 0 Å². The van der Waals surface area contributed by atoms with E-state index in [0.29, 0.717) is 36.0 Å². The molecule has 0 unspecified atom stereocenters. The van der Waals surface area contributed by atoms with Crippen LogP contribution in [0.2, 0.25) is 0 Å². The first-order valence-electron chi connectivity index (χ1n) is 10.6. The molecule has 0 radical (unpaired) electrons. The van der Waals surface area contributed by atoms with Crippen molar-refractivity contribution in [2.45, 2.75) is 12.8 Å². The third kappa shape index (κ3) is 3.59. The highest BCUT2D eigenvalue weighted by Crippen LogP contribution is 2.31. The van der Waals surface area contributed by atoms with Gasteiger partial charge in [0.1, 0.15) is 35.2 Å². The minimum absolute atomic E-state index is 0.0827. The standard InChI is InChI=1S/C22H26N6O2/c1-28(10-4-5-11-28)12-7-24-22-21(18-6-2-3-9-27(18)26-22)25-16-15-20-17(14-19(16)29)23-8-13-30-20/h2-3,6,9,14-15H,4-5,7-8,10-13H2,1H3,(H-,23,24,26,29)/p+1/b25-16+. The fourth-order valence-corrected chi connectivity index (χ4v) is 4.30. The van der Waals surface area contributed by atoms with E-state index in [0.717, 1.165) is 28.9 Å². The molecule has 1 saturated heterocycles. The van der Waals surface area contributed by atoms with Crippen molar-refractivity contribution in [3.63, 3.8) is 0 Å². The lowest BCUT2D eigenvalue weighted by atomic mass is 10.1. The van der Waals surface area contributed by atoms with Crippen LogP contribution >= 0.6 is 0 Å². The summed E-state index contributed by atoms with van der Waals surface area (Å²) in [7, 11) is 2.32. The molecule has 5 rings (SSSR count). The summed E-state index contributed by atoms with van der Waals surface area (Å²) in [5, 5.41) is 18.7. The first-order chi connectivity index (χ1) is 14.6. The smallest absolute Gasteiger partial charge is 0.175 e. The van der Waals surface area contributed by atoms with Gasteiger partial charge in [-0.2, -0.15) is 0 Å². The average molecular weight is 407 g/mol. The van der Waals surface area contributed by atoms with E-state index in [4.69, 9.17) is 9.73 Å². The number of aliphatic hydroxyl groups is 1. The van der Waals surface area contributed by atoms with E-state index in [9.17, 15) is 5.11 Å².